The number of anilines is 1. The third-order valence-electron chi connectivity index (χ3n) is 5.67. The lowest BCUT2D eigenvalue weighted by atomic mass is 9.94. The van der Waals surface area contributed by atoms with Gasteiger partial charge in [-0.1, -0.05) is 27.6 Å². The van der Waals surface area contributed by atoms with Crippen LogP contribution in [-0.4, -0.2) is 18.0 Å². The molecule has 3 aromatic carbocycles. The number of fused-ring (bicyclic) bond motifs is 1. The standard InChI is InChI=1S/C27H25BrN2O2/c1-15-12-17(3)25-22(13-15)24(27(31)29-20-8-11-23(28)16(2)14-20)18(4)26(30-25)19-6-9-21(32-5)10-7-19/h6-14H,1-5H3,(H,29,31). The molecule has 4 aromatic rings. The first kappa shape index (κ1) is 22.0. The summed E-state index contributed by atoms with van der Waals surface area (Å²) in [7, 11) is 1.65. The molecule has 0 saturated heterocycles. The van der Waals surface area contributed by atoms with E-state index in [9.17, 15) is 4.79 Å². The maximum Gasteiger partial charge on any atom is 0.256 e. The number of hydrogen-bond donors (Lipinski definition) is 1. The van der Waals surface area contributed by atoms with Crippen molar-refractivity contribution in [2.75, 3.05) is 12.4 Å². The molecule has 1 N–H and O–H groups in total. The molecule has 0 aliphatic heterocycles. The van der Waals surface area contributed by atoms with Crippen LogP contribution in [0.15, 0.2) is 59.1 Å². The molecular weight excluding hydrogens is 464 g/mol. The van der Waals surface area contributed by atoms with Gasteiger partial charge < -0.3 is 10.1 Å². The summed E-state index contributed by atoms with van der Waals surface area (Å²) >= 11 is 3.52. The fraction of sp³-hybridized carbons (Fsp3) is 0.185. The molecular formula is C27H25BrN2O2. The van der Waals surface area contributed by atoms with E-state index in [2.05, 4.69) is 27.3 Å². The van der Waals surface area contributed by atoms with Crippen LogP contribution in [0, 0.1) is 27.7 Å². The van der Waals surface area contributed by atoms with Crippen LogP contribution in [0.2, 0.25) is 0 Å². The predicted octanol–water partition coefficient (Wildman–Crippen LogP) is 7.16. The Hall–Kier alpha value is -3.18. The van der Waals surface area contributed by atoms with E-state index < -0.39 is 0 Å². The highest BCUT2D eigenvalue weighted by atomic mass is 79.9. The molecule has 0 unspecified atom stereocenters. The Balaban J connectivity index is 1.91. The van der Waals surface area contributed by atoms with Crippen LogP contribution in [-0.2, 0) is 0 Å². The van der Waals surface area contributed by atoms with Gasteiger partial charge in [0.05, 0.1) is 23.9 Å². The molecule has 162 valence electrons. The van der Waals surface area contributed by atoms with Gasteiger partial charge in [-0.15, -0.1) is 0 Å². The van der Waals surface area contributed by atoms with Crippen LogP contribution < -0.4 is 10.1 Å². The van der Waals surface area contributed by atoms with E-state index in [4.69, 9.17) is 9.72 Å². The number of ether oxygens (including phenoxy) is 1. The Labute approximate surface area is 196 Å². The fourth-order valence-corrected chi connectivity index (χ4v) is 4.30. The number of hydrogen-bond acceptors (Lipinski definition) is 3. The first-order valence-corrected chi connectivity index (χ1v) is 11.2. The lowest BCUT2D eigenvalue weighted by molar-refractivity contribution is 0.102. The molecule has 0 fully saturated rings. The molecule has 0 radical (unpaired) electrons. The number of methoxy groups -OCH3 is 1. The summed E-state index contributed by atoms with van der Waals surface area (Å²) in [4.78, 5) is 18.6. The average molecular weight is 489 g/mol. The van der Waals surface area contributed by atoms with Gasteiger partial charge in [0.25, 0.3) is 5.91 Å². The van der Waals surface area contributed by atoms with Gasteiger partial charge in [-0.2, -0.15) is 0 Å². The van der Waals surface area contributed by atoms with Gasteiger partial charge in [0.2, 0.25) is 0 Å². The van der Waals surface area contributed by atoms with E-state index in [0.717, 1.165) is 60.3 Å². The Morgan fingerprint density at radius 2 is 1.66 bits per heavy atom. The van der Waals surface area contributed by atoms with Crippen LogP contribution in [0.25, 0.3) is 22.2 Å². The Morgan fingerprint density at radius 3 is 2.31 bits per heavy atom. The van der Waals surface area contributed by atoms with Gasteiger partial charge in [-0.3, -0.25) is 4.79 Å². The van der Waals surface area contributed by atoms with Crippen molar-refractivity contribution in [3.8, 4) is 17.0 Å². The zero-order valence-corrected chi connectivity index (χ0v) is 20.4. The molecule has 5 heteroatoms. The topological polar surface area (TPSA) is 51.2 Å². The zero-order valence-electron chi connectivity index (χ0n) is 18.8. The number of amides is 1. The number of rotatable bonds is 4. The number of nitrogens with one attached hydrogen (secondary N) is 1. The van der Waals surface area contributed by atoms with Crippen LogP contribution in [0.1, 0.15) is 32.6 Å². The third-order valence-corrected chi connectivity index (χ3v) is 6.56. The monoisotopic (exact) mass is 488 g/mol. The SMILES string of the molecule is COc1ccc(-c2nc3c(C)cc(C)cc3c(C(=O)Nc3ccc(Br)c(C)c3)c2C)cc1. The molecule has 0 bridgehead atoms. The van der Waals surface area contributed by atoms with Crippen molar-refractivity contribution >= 4 is 38.4 Å². The molecule has 4 nitrogen and oxygen atoms in total. The van der Waals surface area contributed by atoms with E-state index in [0.29, 0.717) is 5.56 Å². The second kappa shape index (κ2) is 8.75. The number of aromatic nitrogens is 1. The van der Waals surface area contributed by atoms with Crippen molar-refractivity contribution in [3.05, 3.63) is 86.9 Å². The minimum atomic E-state index is -0.142. The van der Waals surface area contributed by atoms with Crippen LogP contribution in [0.3, 0.4) is 0 Å². The molecule has 0 aliphatic rings. The van der Waals surface area contributed by atoms with Gasteiger partial charge in [-0.25, -0.2) is 4.98 Å². The quantitative estimate of drug-likeness (QED) is 0.331. The predicted molar refractivity (Wildman–Crippen MR) is 135 cm³/mol. The van der Waals surface area contributed by atoms with E-state index in [1.54, 1.807) is 7.11 Å². The van der Waals surface area contributed by atoms with Crippen LogP contribution in [0.5, 0.6) is 5.75 Å². The highest BCUT2D eigenvalue weighted by Crippen LogP contribution is 2.33. The van der Waals surface area contributed by atoms with Crippen molar-refractivity contribution < 1.29 is 9.53 Å². The lowest BCUT2D eigenvalue weighted by Crippen LogP contribution is -2.15. The lowest BCUT2D eigenvalue weighted by Gasteiger charge is -2.17. The molecule has 1 amide bonds. The number of pyridine rings is 1. The van der Waals surface area contributed by atoms with Crippen molar-refractivity contribution in [3.63, 3.8) is 0 Å². The minimum absolute atomic E-state index is 0.142. The summed E-state index contributed by atoms with van der Waals surface area (Å²) < 4.78 is 6.30. The largest absolute Gasteiger partial charge is 0.497 e. The maximum atomic E-state index is 13.6. The molecule has 0 spiro atoms. The van der Waals surface area contributed by atoms with Crippen molar-refractivity contribution in [1.29, 1.82) is 0 Å². The average Bonchev–Trinajstić information content (AvgIpc) is 2.76. The molecule has 0 saturated carbocycles. The van der Waals surface area contributed by atoms with E-state index in [1.165, 1.54) is 0 Å². The molecule has 4 rings (SSSR count). The second-order valence-electron chi connectivity index (χ2n) is 8.08. The number of benzene rings is 3. The van der Waals surface area contributed by atoms with Gasteiger partial charge in [-0.05, 0) is 92.9 Å². The minimum Gasteiger partial charge on any atom is -0.497 e. The summed E-state index contributed by atoms with van der Waals surface area (Å²) in [6.45, 7) is 8.04. The third kappa shape index (κ3) is 4.13. The first-order valence-electron chi connectivity index (χ1n) is 10.4. The highest BCUT2D eigenvalue weighted by molar-refractivity contribution is 9.10. The molecule has 32 heavy (non-hydrogen) atoms. The summed E-state index contributed by atoms with van der Waals surface area (Å²) in [6.07, 6.45) is 0. The Morgan fingerprint density at radius 1 is 0.938 bits per heavy atom. The zero-order chi connectivity index (χ0) is 23.0. The number of nitrogens with zero attached hydrogens (tertiary/aromatic N) is 1. The molecule has 0 aliphatic carbocycles. The highest BCUT2D eigenvalue weighted by Gasteiger charge is 2.20. The van der Waals surface area contributed by atoms with Crippen LogP contribution in [0.4, 0.5) is 5.69 Å². The van der Waals surface area contributed by atoms with Gasteiger partial charge in [0.15, 0.2) is 0 Å². The van der Waals surface area contributed by atoms with E-state index in [-0.39, 0.29) is 5.91 Å². The Bertz CT molecular complexity index is 1340. The number of halogens is 1. The number of aryl methyl sites for hydroxylation is 3. The summed E-state index contributed by atoms with van der Waals surface area (Å²) in [6, 6.07) is 17.7. The first-order chi connectivity index (χ1) is 15.3. The second-order valence-corrected chi connectivity index (χ2v) is 8.94. The maximum absolute atomic E-state index is 13.6. The smallest absolute Gasteiger partial charge is 0.256 e. The van der Waals surface area contributed by atoms with Crippen molar-refractivity contribution in [2.24, 2.45) is 0 Å². The number of carbonyl (C=O) groups is 1. The Kier molecular flexibility index (Phi) is 6.02. The van der Waals surface area contributed by atoms with E-state index in [1.807, 2.05) is 76.2 Å². The van der Waals surface area contributed by atoms with Crippen molar-refractivity contribution in [1.82, 2.24) is 4.98 Å². The molecule has 1 aromatic heterocycles. The van der Waals surface area contributed by atoms with E-state index >= 15 is 0 Å². The molecule has 1 heterocycles. The van der Waals surface area contributed by atoms with Crippen molar-refractivity contribution in [2.45, 2.75) is 27.7 Å². The molecule has 0 atom stereocenters. The summed E-state index contributed by atoms with van der Waals surface area (Å²) in [5.74, 6) is 0.638. The fourth-order valence-electron chi connectivity index (χ4n) is 4.05. The van der Waals surface area contributed by atoms with Gasteiger partial charge in [0, 0.05) is 21.1 Å². The normalized spacial score (nSPS) is 10.9. The van der Waals surface area contributed by atoms with Gasteiger partial charge in [0.1, 0.15) is 5.75 Å². The summed E-state index contributed by atoms with van der Waals surface area (Å²) in [5.41, 5.74) is 8.03. The van der Waals surface area contributed by atoms with Gasteiger partial charge >= 0.3 is 0 Å². The number of carbonyl (C=O) groups excluding carboxylic acids is 1. The summed E-state index contributed by atoms with van der Waals surface area (Å²) in [5, 5.41) is 3.95. The van der Waals surface area contributed by atoms with Crippen LogP contribution >= 0.6 is 15.9 Å².